The standard InChI is InChI=1S/C10H23NO5/c1-2-13-3-4-14-5-6-15-7-8-16-9-10(11)12/h10,12H,2-9,11H2,1H3. The van der Waals surface area contributed by atoms with Crippen LogP contribution in [0.2, 0.25) is 0 Å². The zero-order chi connectivity index (χ0) is 12.1. The molecule has 0 aliphatic heterocycles. The Bertz CT molecular complexity index is 134. The van der Waals surface area contributed by atoms with Gasteiger partial charge >= 0.3 is 0 Å². The molecule has 0 heterocycles. The highest BCUT2D eigenvalue weighted by molar-refractivity contribution is 4.39. The fourth-order valence-electron chi connectivity index (χ4n) is 0.906. The highest BCUT2D eigenvalue weighted by Gasteiger charge is 1.95. The fourth-order valence-corrected chi connectivity index (χ4v) is 0.906. The maximum Gasteiger partial charge on any atom is 0.126 e. The summed E-state index contributed by atoms with van der Waals surface area (Å²) in [6.45, 7) is 5.98. The predicted octanol–water partition coefficient (Wildman–Crippen LogP) is -0.650. The molecule has 0 amide bonds. The van der Waals surface area contributed by atoms with Crippen LogP contribution in [0, 0.1) is 0 Å². The summed E-state index contributed by atoms with van der Waals surface area (Å²) < 4.78 is 20.5. The summed E-state index contributed by atoms with van der Waals surface area (Å²) in [6, 6.07) is 0. The van der Waals surface area contributed by atoms with Crippen molar-refractivity contribution in [3.05, 3.63) is 0 Å². The van der Waals surface area contributed by atoms with Gasteiger partial charge in [0.25, 0.3) is 0 Å². The van der Waals surface area contributed by atoms with Crippen molar-refractivity contribution in [2.24, 2.45) is 5.73 Å². The van der Waals surface area contributed by atoms with Crippen LogP contribution >= 0.6 is 0 Å². The van der Waals surface area contributed by atoms with Gasteiger partial charge in [-0.15, -0.1) is 0 Å². The minimum atomic E-state index is -0.915. The molecule has 0 spiro atoms. The van der Waals surface area contributed by atoms with E-state index >= 15 is 0 Å². The molecule has 0 saturated heterocycles. The van der Waals surface area contributed by atoms with E-state index in [1.165, 1.54) is 0 Å². The molecule has 0 rings (SSSR count). The van der Waals surface area contributed by atoms with Gasteiger partial charge in [-0.25, -0.2) is 0 Å². The van der Waals surface area contributed by atoms with E-state index in [1.807, 2.05) is 6.92 Å². The van der Waals surface area contributed by atoms with E-state index in [4.69, 9.17) is 29.8 Å². The van der Waals surface area contributed by atoms with E-state index in [9.17, 15) is 0 Å². The van der Waals surface area contributed by atoms with Crippen molar-refractivity contribution in [3.63, 3.8) is 0 Å². The van der Waals surface area contributed by atoms with Crippen molar-refractivity contribution in [1.29, 1.82) is 0 Å². The van der Waals surface area contributed by atoms with Crippen LogP contribution in [0.4, 0.5) is 0 Å². The second-order valence-corrected chi connectivity index (χ2v) is 3.06. The molecule has 98 valence electrons. The summed E-state index contributed by atoms with van der Waals surface area (Å²) in [5.74, 6) is 0. The Balaban J connectivity index is 2.88. The monoisotopic (exact) mass is 237 g/mol. The Morgan fingerprint density at radius 3 is 1.75 bits per heavy atom. The normalized spacial score (nSPS) is 12.9. The second kappa shape index (κ2) is 12.8. The Morgan fingerprint density at radius 1 is 0.875 bits per heavy atom. The van der Waals surface area contributed by atoms with E-state index in [-0.39, 0.29) is 6.61 Å². The van der Waals surface area contributed by atoms with Crippen molar-refractivity contribution in [1.82, 2.24) is 0 Å². The van der Waals surface area contributed by atoms with Gasteiger partial charge < -0.3 is 29.8 Å². The Kier molecular flexibility index (Phi) is 12.6. The molecule has 16 heavy (non-hydrogen) atoms. The number of nitrogens with two attached hydrogens (primary N) is 1. The molecule has 0 bridgehead atoms. The molecular weight excluding hydrogens is 214 g/mol. The van der Waals surface area contributed by atoms with Crippen molar-refractivity contribution in [3.8, 4) is 0 Å². The molecule has 6 heteroatoms. The van der Waals surface area contributed by atoms with Crippen molar-refractivity contribution in [2.75, 3.05) is 52.9 Å². The van der Waals surface area contributed by atoms with Crippen LogP contribution in [-0.4, -0.2) is 64.2 Å². The molecule has 0 aromatic rings. The third-order valence-electron chi connectivity index (χ3n) is 1.61. The maximum absolute atomic E-state index is 8.68. The summed E-state index contributed by atoms with van der Waals surface area (Å²) in [4.78, 5) is 0. The summed E-state index contributed by atoms with van der Waals surface area (Å²) >= 11 is 0. The summed E-state index contributed by atoms with van der Waals surface area (Å²) in [5.41, 5.74) is 5.07. The molecule has 1 unspecified atom stereocenters. The lowest BCUT2D eigenvalue weighted by molar-refractivity contribution is -0.0150. The molecule has 0 aliphatic rings. The van der Waals surface area contributed by atoms with E-state index < -0.39 is 6.23 Å². The van der Waals surface area contributed by atoms with Crippen molar-refractivity contribution >= 4 is 0 Å². The van der Waals surface area contributed by atoms with E-state index in [2.05, 4.69) is 0 Å². The lowest BCUT2D eigenvalue weighted by Crippen LogP contribution is -2.26. The average molecular weight is 237 g/mol. The topological polar surface area (TPSA) is 83.2 Å². The highest BCUT2D eigenvalue weighted by Crippen LogP contribution is 1.83. The summed E-state index contributed by atoms with van der Waals surface area (Å²) in [6.07, 6.45) is -0.915. The molecule has 0 fully saturated rings. The predicted molar refractivity (Wildman–Crippen MR) is 59.1 cm³/mol. The number of aliphatic hydroxyl groups is 1. The third kappa shape index (κ3) is 13.8. The smallest absolute Gasteiger partial charge is 0.126 e. The van der Waals surface area contributed by atoms with Crippen LogP contribution in [-0.2, 0) is 18.9 Å². The Morgan fingerprint density at radius 2 is 1.31 bits per heavy atom. The number of hydrogen-bond acceptors (Lipinski definition) is 6. The van der Waals surface area contributed by atoms with Gasteiger partial charge in [-0.3, -0.25) is 0 Å². The number of rotatable bonds is 12. The molecule has 1 atom stereocenters. The summed E-state index contributed by atoms with van der Waals surface area (Å²) in [7, 11) is 0. The maximum atomic E-state index is 8.68. The first-order chi connectivity index (χ1) is 7.77. The van der Waals surface area contributed by atoms with Gasteiger partial charge in [-0.1, -0.05) is 0 Å². The van der Waals surface area contributed by atoms with Crippen LogP contribution in [0.25, 0.3) is 0 Å². The van der Waals surface area contributed by atoms with Crippen LogP contribution in [0.3, 0.4) is 0 Å². The number of hydrogen-bond donors (Lipinski definition) is 2. The van der Waals surface area contributed by atoms with E-state index in [0.29, 0.717) is 46.2 Å². The number of aliphatic hydroxyl groups excluding tert-OH is 1. The van der Waals surface area contributed by atoms with E-state index in [1.54, 1.807) is 0 Å². The molecule has 0 aromatic carbocycles. The van der Waals surface area contributed by atoms with Gasteiger partial charge in [-0.05, 0) is 6.92 Å². The second-order valence-electron chi connectivity index (χ2n) is 3.06. The first-order valence-electron chi connectivity index (χ1n) is 5.52. The van der Waals surface area contributed by atoms with Crippen molar-refractivity contribution in [2.45, 2.75) is 13.2 Å². The lowest BCUT2D eigenvalue weighted by atomic mass is 10.6. The molecule has 6 nitrogen and oxygen atoms in total. The van der Waals surface area contributed by atoms with Crippen LogP contribution in [0.5, 0.6) is 0 Å². The van der Waals surface area contributed by atoms with E-state index in [0.717, 1.165) is 0 Å². The van der Waals surface area contributed by atoms with Gasteiger partial charge in [0.2, 0.25) is 0 Å². The number of ether oxygens (including phenoxy) is 4. The zero-order valence-corrected chi connectivity index (χ0v) is 9.89. The van der Waals surface area contributed by atoms with Crippen molar-refractivity contribution < 1.29 is 24.1 Å². The Hall–Kier alpha value is -0.240. The molecule has 3 N–H and O–H groups in total. The average Bonchev–Trinajstić information content (AvgIpc) is 2.25. The van der Waals surface area contributed by atoms with Gasteiger partial charge in [0, 0.05) is 6.61 Å². The molecule has 0 radical (unpaired) electrons. The lowest BCUT2D eigenvalue weighted by Gasteiger charge is -2.07. The first-order valence-corrected chi connectivity index (χ1v) is 5.52. The van der Waals surface area contributed by atoms with Gasteiger partial charge in [0.15, 0.2) is 0 Å². The van der Waals surface area contributed by atoms with Crippen LogP contribution in [0.1, 0.15) is 6.92 Å². The zero-order valence-electron chi connectivity index (χ0n) is 9.89. The quantitative estimate of drug-likeness (QED) is 0.347. The largest absolute Gasteiger partial charge is 0.379 e. The minimum absolute atomic E-state index is 0.133. The van der Waals surface area contributed by atoms with Gasteiger partial charge in [0.1, 0.15) is 6.23 Å². The molecule has 0 aromatic heterocycles. The molecule has 0 saturated carbocycles. The van der Waals surface area contributed by atoms with Gasteiger partial charge in [0.05, 0.1) is 46.2 Å². The first kappa shape index (κ1) is 15.8. The fraction of sp³-hybridized carbons (Fsp3) is 1.00. The minimum Gasteiger partial charge on any atom is -0.379 e. The summed E-state index contributed by atoms with van der Waals surface area (Å²) in [5, 5.41) is 8.68. The van der Waals surface area contributed by atoms with Crippen LogP contribution in [0.15, 0.2) is 0 Å². The molecule has 0 aliphatic carbocycles. The Labute approximate surface area is 96.6 Å². The molecular formula is C10H23NO5. The van der Waals surface area contributed by atoms with Crippen LogP contribution < -0.4 is 5.73 Å². The van der Waals surface area contributed by atoms with Gasteiger partial charge in [-0.2, -0.15) is 0 Å². The SMILES string of the molecule is CCOCCOCCOCCOCC(N)O. The highest BCUT2D eigenvalue weighted by atomic mass is 16.6. The third-order valence-corrected chi connectivity index (χ3v) is 1.61.